The van der Waals surface area contributed by atoms with Gasteiger partial charge in [0.15, 0.2) is 0 Å². The molecule has 0 aromatic carbocycles. The quantitative estimate of drug-likeness (QED) is 0.639. The van der Waals surface area contributed by atoms with Gasteiger partial charge in [-0.1, -0.05) is 17.7 Å². The molecule has 2 aromatic rings. The van der Waals surface area contributed by atoms with E-state index in [-0.39, 0.29) is 11.7 Å². The topological polar surface area (TPSA) is 97.9 Å². The van der Waals surface area contributed by atoms with Crippen molar-refractivity contribution in [3.63, 3.8) is 0 Å². The number of aromatic nitrogens is 2. The number of ether oxygens (including phenoxy) is 1. The van der Waals surface area contributed by atoms with E-state index in [0.29, 0.717) is 30.4 Å². The highest BCUT2D eigenvalue weighted by Crippen LogP contribution is 2.32. The van der Waals surface area contributed by atoms with Crippen LogP contribution in [-0.4, -0.2) is 35.1 Å². The second-order valence-electron chi connectivity index (χ2n) is 5.88. The molecule has 1 aliphatic heterocycles. The van der Waals surface area contributed by atoms with Gasteiger partial charge in [0, 0.05) is 37.5 Å². The van der Waals surface area contributed by atoms with Gasteiger partial charge in [-0.25, -0.2) is 9.97 Å². The zero-order valence-corrected chi connectivity index (χ0v) is 15.0. The van der Waals surface area contributed by atoms with Gasteiger partial charge in [-0.15, -0.1) is 0 Å². The minimum atomic E-state index is 0.142. The molecule has 0 amide bonds. The summed E-state index contributed by atoms with van der Waals surface area (Å²) in [5.41, 5.74) is 3.31. The van der Waals surface area contributed by atoms with Crippen molar-refractivity contribution in [2.75, 3.05) is 25.5 Å². The normalized spacial score (nSPS) is 13.4. The molecule has 1 aliphatic rings. The first kappa shape index (κ1) is 17.9. The second-order valence-corrected chi connectivity index (χ2v) is 6.23. The highest BCUT2D eigenvalue weighted by atomic mass is 35.5. The summed E-state index contributed by atoms with van der Waals surface area (Å²) < 4.78 is 5.08. The number of fused-ring (bicyclic) bond motifs is 1. The lowest BCUT2D eigenvalue weighted by molar-refractivity contribution is 0.245. The van der Waals surface area contributed by atoms with Crippen molar-refractivity contribution in [2.45, 2.75) is 19.5 Å². The fourth-order valence-corrected chi connectivity index (χ4v) is 3.30. The Bertz CT molecular complexity index is 885. The number of nitrogens with one attached hydrogen (secondary N) is 1. The highest BCUT2D eigenvalue weighted by Gasteiger charge is 2.25. The van der Waals surface area contributed by atoms with E-state index in [2.05, 4.69) is 26.3 Å². The van der Waals surface area contributed by atoms with Crippen molar-refractivity contribution in [3.05, 3.63) is 45.7 Å². The van der Waals surface area contributed by atoms with Crippen LogP contribution in [0.1, 0.15) is 22.3 Å². The SMILES string of the molecule is COc1ccc(CN2CCc3c(NCC#N)nc(Cl)c(C#N)c3C2)cn1. The van der Waals surface area contributed by atoms with E-state index in [1.165, 1.54) is 0 Å². The smallest absolute Gasteiger partial charge is 0.212 e. The summed E-state index contributed by atoms with van der Waals surface area (Å²) >= 11 is 6.19. The maximum Gasteiger partial charge on any atom is 0.212 e. The van der Waals surface area contributed by atoms with Crippen molar-refractivity contribution in [1.29, 1.82) is 10.5 Å². The molecule has 0 atom stereocenters. The van der Waals surface area contributed by atoms with Crippen LogP contribution in [0.15, 0.2) is 18.3 Å². The fourth-order valence-electron chi connectivity index (χ4n) is 3.06. The van der Waals surface area contributed by atoms with Crippen molar-refractivity contribution in [3.8, 4) is 18.0 Å². The maximum absolute atomic E-state index is 9.49. The molecule has 26 heavy (non-hydrogen) atoms. The minimum absolute atomic E-state index is 0.142. The zero-order valence-electron chi connectivity index (χ0n) is 14.3. The van der Waals surface area contributed by atoms with Crippen molar-refractivity contribution >= 4 is 17.4 Å². The van der Waals surface area contributed by atoms with E-state index in [1.54, 1.807) is 13.3 Å². The summed E-state index contributed by atoms with van der Waals surface area (Å²) in [6.07, 6.45) is 2.52. The fraction of sp³-hybridized carbons (Fsp3) is 0.333. The monoisotopic (exact) mass is 368 g/mol. The standard InChI is InChI=1S/C18H17ClN6O/c1-26-16-3-2-12(9-23-16)10-25-7-4-13-15(11-25)14(8-21)17(19)24-18(13)22-6-5-20/h2-3,9H,4,6-7,10-11H2,1H3,(H,22,24). The zero-order chi connectivity index (χ0) is 18.5. The molecule has 0 bridgehead atoms. The molecule has 0 radical (unpaired) electrons. The number of anilines is 1. The van der Waals surface area contributed by atoms with Gasteiger partial charge in [0.25, 0.3) is 0 Å². The Morgan fingerprint density at radius 1 is 1.35 bits per heavy atom. The Morgan fingerprint density at radius 2 is 2.19 bits per heavy atom. The van der Waals surface area contributed by atoms with E-state index < -0.39 is 0 Å². The van der Waals surface area contributed by atoms with Crippen LogP contribution < -0.4 is 10.1 Å². The molecule has 2 aromatic heterocycles. The van der Waals surface area contributed by atoms with Gasteiger partial charge >= 0.3 is 0 Å². The number of methoxy groups -OCH3 is 1. The van der Waals surface area contributed by atoms with Crippen LogP contribution in [0.25, 0.3) is 0 Å². The number of rotatable bonds is 5. The third kappa shape index (κ3) is 3.70. The third-order valence-corrected chi connectivity index (χ3v) is 4.56. The molecule has 1 N–H and O–H groups in total. The lowest BCUT2D eigenvalue weighted by Gasteiger charge is -2.30. The molecule has 3 rings (SSSR count). The van der Waals surface area contributed by atoms with Gasteiger partial charge in [0.05, 0.1) is 18.7 Å². The number of hydrogen-bond acceptors (Lipinski definition) is 7. The van der Waals surface area contributed by atoms with E-state index in [1.807, 2.05) is 18.2 Å². The first-order valence-corrected chi connectivity index (χ1v) is 8.47. The first-order chi connectivity index (χ1) is 12.7. The van der Waals surface area contributed by atoms with Crippen molar-refractivity contribution in [2.24, 2.45) is 0 Å². The van der Waals surface area contributed by atoms with Gasteiger partial charge in [-0.3, -0.25) is 4.90 Å². The molecule has 8 heteroatoms. The Balaban J connectivity index is 1.85. The number of pyridine rings is 2. The summed E-state index contributed by atoms with van der Waals surface area (Å²) in [7, 11) is 1.59. The minimum Gasteiger partial charge on any atom is -0.481 e. The van der Waals surface area contributed by atoms with Gasteiger partial charge < -0.3 is 10.1 Å². The van der Waals surface area contributed by atoms with Gasteiger partial charge in [0.1, 0.15) is 23.6 Å². The van der Waals surface area contributed by atoms with Crippen LogP contribution in [0, 0.1) is 22.7 Å². The van der Waals surface area contributed by atoms with Gasteiger partial charge in [-0.2, -0.15) is 10.5 Å². The summed E-state index contributed by atoms with van der Waals surface area (Å²) in [6.45, 7) is 2.26. The van der Waals surface area contributed by atoms with E-state index >= 15 is 0 Å². The van der Waals surface area contributed by atoms with Gasteiger partial charge in [0.2, 0.25) is 5.88 Å². The van der Waals surface area contributed by atoms with E-state index in [4.69, 9.17) is 21.6 Å². The molecule has 132 valence electrons. The van der Waals surface area contributed by atoms with Crippen molar-refractivity contribution < 1.29 is 4.74 Å². The van der Waals surface area contributed by atoms with E-state index in [0.717, 1.165) is 29.7 Å². The van der Waals surface area contributed by atoms with Crippen LogP contribution in [0.2, 0.25) is 5.15 Å². The summed E-state index contributed by atoms with van der Waals surface area (Å²) in [5, 5.41) is 21.4. The molecule has 0 unspecified atom stereocenters. The lowest BCUT2D eigenvalue weighted by Crippen LogP contribution is -2.31. The number of nitrogens with zero attached hydrogens (tertiary/aromatic N) is 5. The average molecular weight is 369 g/mol. The Kier molecular flexibility index (Phi) is 5.52. The highest BCUT2D eigenvalue weighted by molar-refractivity contribution is 6.30. The predicted octanol–water partition coefficient (Wildman–Crippen LogP) is 2.50. The molecule has 0 aliphatic carbocycles. The molecule has 7 nitrogen and oxygen atoms in total. The summed E-state index contributed by atoms with van der Waals surface area (Å²) in [4.78, 5) is 10.7. The molecule has 0 spiro atoms. The van der Waals surface area contributed by atoms with Crippen LogP contribution in [0.4, 0.5) is 5.82 Å². The second kappa shape index (κ2) is 8.01. The molecule has 0 fully saturated rings. The molecular formula is C18H17ClN6O. The molecule has 0 saturated heterocycles. The largest absolute Gasteiger partial charge is 0.481 e. The van der Waals surface area contributed by atoms with Crippen LogP contribution in [0.5, 0.6) is 5.88 Å². The van der Waals surface area contributed by atoms with E-state index in [9.17, 15) is 5.26 Å². The summed E-state index contributed by atoms with van der Waals surface area (Å²) in [6, 6.07) is 8.01. The van der Waals surface area contributed by atoms with Crippen molar-refractivity contribution in [1.82, 2.24) is 14.9 Å². The molecule has 0 saturated carbocycles. The van der Waals surface area contributed by atoms with Gasteiger partial charge in [-0.05, 0) is 17.5 Å². The lowest BCUT2D eigenvalue weighted by atomic mass is 9.96. The first-order valence-electron chi connectivity index (χ1n) is 8.09. The number of hydrogen-bond donors (Lipinski definition) is 1. The maximum atomic E-state index is 9.49. The Labute approximate surface area is 156 Å². The van der Waals surface area contributed by atoms with Crippen LogP contribution >= 0.6 is 11.6 Å². The summed E-state index contributed by atoms with van der Waals surface area (Å²) in [5.74, 6) is 1.17. The van der Waals surface area contributed by atoms with Crippen LogP contribution in [0.3, 0.4) is 0 Å². The number of nitriles is 2. The molecule has 3 heterocycles. The predicted molar refractivity (Wildman–Crippen MR) is 96.7 cm³/mol. The average Bonchev–Trinajstić information content (AvgIpc) is 2.66. The third-order valence-electron chi connectivity index (χ3n) is 4.29. The Morgan fingerprint density at radius 3 is 2.85 bits per heavy atom. The Hall–Kier alpha value is -2.87. The molecular weight excluding hydrogens is 352 g/mol. The van der Waals surface area contributed by atoms with Crippen LogP contribution in [-0.2, 0) is 19.5 Å². The number of halogens is 1.